The molecule has 2 aromatic carbocycles. The zero-order valence-electron chi connectivity index (χ0n) is 21.0. The fourth-order valence-corrected chi connectivity index (χ4v) is 5.01. The van der Waals surface area contributed by atoms with Gasteiger partial charge < -0.3 is 14.6 Å². The fraction of sp³-hybridized carbons (Fsp3) is 0.464. The van der Waals surface area contributed by atoms with Crippen molar-refractivity contribution in [2.24, 2.45) is 5.92 Å². The Morgan fingerprint density at radius 1 is 1.03 bits per heavy atom. The number of morpholine rings is 1. The van der Waals surface area contributed by atoms with Crippen molar-refractivity contribution in [2.75, 3.05) is 39.4 Å². The molecule has 8 heteroatoms. The first kappa shape index (κ1) is 24.6. The van der Waals surface area contributed by atoms with Gasteiger partial charge in [0.05, 0.1) is 25.7 Å². The van der Waals surface area contributed by atoms with E-state index >= 15 is 0 Å². The molecular weight excluding hydrogens is 454 g/mol. The Morgan fingerprint density at radius 2 is 1.86 bits per heavy atom. The molecule has 0 aliphatic carbocycles. The van der Waals surface area contributed by atoms with Crippen molar-refractivity contribution in [3.63, 3.8) is 0 Å². The van der Waals surface area contributed by atoms with E-state index in [4.69, 9.17) is 9.26 Å². The predicted molar refractivity (Wildman–Crippen MR) is 137 cm³/mol. The maximum absolute atomic E-state index is 13.0. The van der Waals surface area contributed by atoms with Gasteiger partial charge in [-0.1, -0.05) is 53.2 Å². The number of ether oxygens (including phenoxy) is 1. The number of hydrogen-bond acceptors (Lipinski definition) is 7. The van der Waals surface area contributed by atoms with Crippen LogP contribution in [-0.4, -0.2) is 65.2 Å². The molecule has 1 aromatic heterocycles. The highest BCUT2D eigenvalue weighted by atomic mass is 16.5. The Morgan fingerprint density at radius 3 is 2.72 bits per heavy atom. The van der Waals surface area contributed by atoms with Crippen LogP contribution >= 0.6 is 0 Å². The van der Waals surface area contributed by atoms with Gasteiger partial charge >= 0.3 is 0 Å². The van der Waals surface area contributed by atoms with E-state index in [-0.39, 0.29) is 11.8 Å². The second-order valence-electron chi connectivity index (χ2n) is 9.88. The minimum atomic E-state index is -0.0329. The van der Waals surface area contributed by atoms with Gasteiger partial charge in [0.15, 0.2) is 0 Å². The summed E-state index contributed by atoms with van der Waals surface area (Å²) in [5, 5.41) is 7.32. The molecule has 2 fully saturated rings. The number of hydrogen-bond donors (Lipinski definition) is 1. The average molecular weight is 490 g/mol. The molecule has 0 spiro atoms. The SMILES string of the molecule is Cc1cccc(-c2noc(CN3CCCC(C(=O)NCc4cccc(CN5CCOCC5)c4)C3)n2)c1. The lowest BCUT2D eigenvalue weighted by molar-refractivity contribution is -0.127. The predicted octanol–water partition coefficient (Wildman–Crippen LogP) is 3.41. The quantitative estimate of drug-likeness (QED) is 0.519. The molecular formula is C28H35N5O3. The highest BCUT2D eigenvalue weighted by molar-refractivity contribution is 5.79. The first-order valence-corrected chi connectivity index (χ1v) is 12.9. The Hall–Kier alpha value is -3.07. The largest absolute Gasteiger partial charge is 0.379 e. The molecule has 2 aliphatic heterocycles. The van der Waals surface area contributed by atoms with E-state index in [2.05, 4.69) is 49.5 Å². The van der Waals surface area contributed by atoms with Crippen LogP contribution in [0, 0.1) is 12.8 Å². The minimum Gasteiger partial charge on any atom is -0.379 e. The van der Waals surface area contributed by atoms with Gasteiger partial charge in [-0.15, -0.1) is 0 Å². The van der Waals surface area contributed by atoms with Crippen molar-refractivity contribution in [3.05, 3.63) is 71.1 Å². The van der Waals surface area contributed by atoms with Crippen LogP contribution in [0.4, 0.5) is 0 Å². The third-order valence-corrected chi connectivity index (χ3v) is 6.95. The lowest BCUT2D eigenvalue weighted by Gasteiger charge is -2.30. The lowest BCUT2D eigenvalue weighted by Crippen LogP contribution is -2.42. The van der Waals surface area contributed by atoms with E-state index in [1.54, 1.807) is 0 Å². The molecule has 0 saturated carbocycles. The van der Waals surface area contributed by atoms with Crippen molar-refractivity contribution in [1.82, 2.24) is 25.3 Å². The number of amides is 1. The third kappa shape index (κ3) is 6.57. The number of nitrogens with one attached hydrogen (secondary N) is 1. The fourth-order valence-electron chi connectivity index (χ4n) is 5.01. The van der Waals surface area contributed by atoms with Crippen LogP contribution in [0.3, 0.4) is 0 Å². The van der Waals surface area contributed by atoms with Gasteiger partial charge in [0, 0.05) is 38.3 Å². The van der Waals surface area contributed by atoms with Crippen LogP contribution in [0.25, 0.3) is 11.4 Å². The highest BCUT2D eigenvalue weighted by Gasteiger charge is 2.27. The summed E-state index contributed by atoms with van der Waals surface area (Å²) >= 11 is 0. The summed E-state index contributed by atoms with van der Waals surface area (Å²) in [5.41, 5.74) is 4.52. The number of likely N-dealkylation sites (tertiary alicyclic amines) is 1. The van der Waals surface area contributed by atoms with Gasteiger partial charge in [-0.25, -0.2) is 0 Å². The van der Waals surface area contributed by atoms with Gasteiger partial charge in [0.2, 0.25) is 17.6 Å². The van der Waals surface area contributed by atoms with Crippen molar-refractivity contribution in [3.8, 4) is 11.4 Å². The van der Waals surface area contributed by atoms with Crippen LogP contribution in [0.1, 0.15) is 35.4 Å². The maximum Gasteiger partial charge on any atom is 0.241 e. The van der Waals surface area contributed by atoms with Crippen molar-refractivity contribution in [2.45, 2.75) is 39.4 Å². The zero-order chi connectivity index (χ0) is 24.7. The summed E-state index contributed by atoms with van der Waals surface area (Å²) in [5.74, 6) is 1.28. The van der Waals surface area contributed by atoms with E-state index in [9.17, 15) is 4.79 Å². The third-order valence-electron chi connectivity index (χ3n) is 6.95. The number of aromatic nitrogens is 2. The summed E-state index contributed by atoms with van der Waals surface area (Å²) in [6, 6.07) is 16.6. The normalized spacial score (nSPS) is 19.3. The van der Waals surface area contributed by atoms with Crippen LogP contribution in [0.2, 0.25) is 0 Å². The Kier molecular flexibility index (Phi) is 8.05. The number of nitrogens with zero attached hydrogens (tertiary/aromatic N) is 4. The summed E-state index contributed by atoms with van der Waals surface area (Å²) in [7, 11) is 0. The number of carbonyl (C=O) groups is 1. The first-order chi connectivity index (χ1) is 17.6. The van der Waals surface area contributed by atoms with Gasteiger partial charge in [-0.2, -0.15) is 4.98 Å². The van der Waals surface area contributed by atoms with Gasteiger partial charge in [0.25, 0.3) is 0 Å². The molecule has 3 aromatic rings. The van der Waals surface area contributed by atoms with Gasteiger partial charge in [-0.05, 0) is 43.5 Å². The zero-order valence-corrected chi connectivity index (χ0v) is 21.0. The van der Waals surface area contributed by atoms with E-state index in [1.807, 2.05) is 31.2 Å². The Balaban J connectivity index is 1.11. The molecule has 0 bridgehead atoms. The van der Waals surface area contributed by atoms with E-state index < -0.39 is 0 Å². The smallest absolute Gasteiger partial charge is 0.241 e. The molecule has 1 amide bonds. The summed E-state index contributed by atoms with van der Waals surface area (Å²) < 4.78 is 11.0. The molecule has 2 aliphatic rings. The summed E-state index contributed by atoms with van der Waals surface area (Å²) in [6.45, 7) is 9.24. The molecule has 1 unspecified atom stereocenters. The van der Waals surface area contributed by atoms with Crippen LogP contribution in [-0.2, 0) is 29.2 Å². The van der Waals surface area contributed by atoms with Gasteiger partial charge in [-0.3, -0.25) is 14.6 Å². The monoisotopic (exact) mass is 489 g/mol. The first-order valence-electron chi connectivity index (χ1n) is 12.9. The highest BCUT2D eigenvalue weighted by Crippen LogP contribution is 2.21. The molecule has 5 rings (SSSR count). The molecule has 0 radical (unpaired) electrons. The number of carbonyl (C=O) groups excluding carboxylic acids is 1. The second kappa shape index (κ2) is 11.8. The Bertz CT molecular complexity index is 1160. The molecule has 36 heavy (non-hydrogen) atoms. The maximum atomic E-state index is 13.0. The number of rotatable bonds is 8. The minimum absolute atomic E-state index is 0.0329. The molecule has 1 atom stereocenters. The molecule has 1 N–H and O–H groups in total. The lowest BCUT2D eigenvalue weighted by atomic mass is 9.97. The van der Waals surface area contributed by atoms with Crippen LogP contribution in [0.5, 0.6) is 0 Å². The van der Waals surface area contributed by atoms with Crippen LogP contribution in [0.15, 0.2) is 53.1 Å². The average Bonchev–Trinajstić information content (AvgIpc) is 3.37. The van der Waals surface area contributed by atoms with Crippen molar-refractivity contribution < 1.29 is 14.1 Å². The number of aryl methyl sites for hydroxylation is 1. The molecule has 3 heterocycles. The molecule has 2 saturated heterocycles. The summed E-state index contributed by atoms with van der Waals surface area (Å²) in [4.78, 5) is 22.2. The molecule has 190 valence electrons. The Labute approximate surface area is 212 Å². The van der Waals surface area contributed by atoms with Crippen molar-refractivity contribution >= 4 is 5.91 Å². The number of piperidine rings is 1. The van der Waals surface area contributed by atoms with Crippen molar-refractivity contribution in [1.29, 1.82) is 0 Å². The van der Waals surface area contributed by atoms with Gasteiger partial charge in [0.1, 0.15) is 0 Å². The van der Waals surface area contributed by atoms with E-state index in [0.29, 0.717) is 31.3 Å². The summed E-state index contributed by atoms with van der Waals surface area (Å²) in [6.07, 6.45) is 1.88. The standard InChI is InChI=1S/C28H35N5O3/c1-21-5-2-8-24(15-21)27-30-26(36-31-27)20-33-10-4-9-25(19-33)28(34)29-17-22-6-3-7-23(16-22)18-32-11-13-35-14-12-32/h2-3,5-8,15-16,25H,4,9-14,17-20H2,1H3,(H,29,34). The van der Waals surface area contributed by atoms with E-state index in [0.717, 1.165) is 68.9 Å². The van der Waals surface area contributed by atoms with E-state index in [1.165, 1.54) is 5.56 Å². The second-order valence-corrected chi connectivity index (χ2v) is 9.88. The number of benzene rings is 2. The topological polar surface area (TPSA) is 83.7 Å². The molecule has 8 nitrogen and oxygen atoms in total. The van der Waals surface area contributed by atoms with Crippen LogP contribution < -0.4 is 5.32 Å².